The Hall–Kier alpha value is -1.62. The van der Waals surface area contributed by atoms with Crippen molar-refractivity contribution in [1.29, 1.82) is 0 Å². The molecule has 1 atom stereocenters. The minimum Gasteiger partial charge on any atom is -0.368 e. The van der Waals surface area contributed by atoms with E-state index in [0.29, 0.717) is 19.6 Å². The number of nitrogens with two attached hydrogens (primary N) is 1. The summed E-state index contributed by atoms with van der Waals surface area (Å²) in [5, 5.41) is 0. The number of rotatable bonds is 3. The topological polar surface area (TPSA) is 49.6 Å². The van der Waals surface area contributed by atoms with Crippen molar-refractivity contribution >= 4 is 11.6 Å². The first kappa shape index (κ1) is 13.8. The molecule has 1 amide bonds. The van der Waals surface area contributed by atoms with Gasteiger partial charge < -0.3 is 15.5 Å². The van der Waals surface area contributed by atoms with Crippen LogP contribution in [0.25, 0.3) is 0 Å². The first-order chi connectivity index (χ1) is 9.11. The van der Waals surface area contributed by atoms with Gasteiger partial charge in [0.05, 0.1) is 0 Å². The fraction of sp³-hybridized carbons (Fsp3) is 0.500. The van der Waals surface area contributed by atoms with Crippen LogP contribution < -0.4 is 10.6 Å². The van der Waals surface area contributed by atoms with Crippen molar-refractivity contribution in [2.45, 2.75) is 6.92 Å². The maximum absolute atomic E-state index is 12.9. The van der Waals surface area contributed by atoms with E-state index < -0.39 is 0 Å². The van der Waals surface area contributed by atoms with Gasteiger partial charge in [0.15, 0.2) is 0 Å². The summed E-state index contributed by atoms with van der Waals surface area (Å²) in [5.74, 6) is -0.215. The van der Waals surface area contributed by atoms with E-state index in [0.717, 1.165) is 18.8 Å². The highest BCUT2D eigenvalue weighted by atomic mass is 19.1. The van der Waals surface area contributed by atoms with E-state index in [1.54, 1.807) is 12.1 Å². The summed E-state index contributed by atoms with van der Waals surface area (Å²) in [6.07, 6.45) is 0. The van der Waals surface area contributed by atoms with Crippen molar-refractivity contribution in [2.75, 3.05) is 37.6 Å². The number of carbonyl (C=O) groups excluding carboxylic acids is 1. The number of anilines is 1. The number of amides is 1. The van der Waals surface area contributed by atoms with E-state index in [1.165, 1.54) is 12.1 Å². The van der Waals surface area contributed by atoms with E-state index in [4.69, 9.17) is 5.73 Å². The summed E-state index contributed by atoms with van der Waals surface area (Å²) >= 11 is 0. The van der Waals surface area contributed by atoms with Gasteiger partial charge >= 0.3 is 0 Å². The first-order valence-corrected chi connectivity index (χ1v) is 6.61. The fourth-order valence-electron chi connectivity index (χ4n) is 2.25. The number of halogens is 1. The third-order valence-corrected chi connectivity index (χ3v) is 3.56. The zero-order valence-electron chi connectivity index (χ0n) is 11.2. The van der Waals surface area contributed by atoms with Crippen molar-refractivity contribution < 1.29 is 9.18 Å². The van der Waals surface area contributed by atoms with Crippen molar-refractivity contribution in [3.63, 3.8) is 0 Å². The molecule has 5 heteroatoms. The highest BCUT2D eigenvalue weighted by molar-refractivity contribution is 5.79. The van der Waals surface area contributed by atoms with Crippen LogP contribution in [0.2, 0.25) is 0 Å². The second-order valence-corrected chi connectivity index (χ2v) is 4.93. The molecular weight excluding hydrogens is 245 g/mol. The molecule has 0 radical (unpaired) electrons. The van der Waals surface area contributed by atoms with E-state index in [2.05, 4.69) is 4.90 Å². The van der Waals surface area contributed by atoms with E-state index in [1.807, 2.05) is 11.8 Å². The molecule has 0 spiro atoms. The Morgan fingerprint density at radius 2 is 1.84 bits per heavy atom. The fourth-order valence-corrected chi connectivity index (χ4v) is 2.25. The molecule has 0 saturated carbocycles. The number of carbonyl (C=O) groups is 1. The van der Waals surface area contributed by atoms with Crippen molar-refractivity contribution in [1.82, 2.24) is 4.90 Å². The van der Waals surface area contributed by atoms with Crippen LogP contribution in [0.3, 0.4) is 0 Å². The number of benzene rings is 1. The van der Waals surface area contributed by atoms with Gasteiger partial charge in [0.2, 0.25) is 5.91 Å². The average molecular weight is 265 g/mol. The first-order valence-electron chi connectivity index (χ1n) is 6.61. The quantitative estimate of drug-likeness (QED) is 0.889. The van der Waals surface area contributed by atoms with Gasteiger partial charge in [-0.25, -0.2) is 4.39 Å². The summed E-state index contributed by atoms with van der Waals surface area (Å²) in [7, 11) is 0. The molecule has 0 aromatic heterocycles. The predicted octanol–water partition coefficient (Wildman–Crippen LogP) is 1.07. The lowest BCUT2D eigenvalue weighted by atomic mass is 10.1. The lowest BCUT2D eigenvalue weighted by Crippen LogP contribution is -2.50. The number of hydrogen-bond donors (Lipinski definition) is 1. The second kappa shape index (κ2) is 6.02. The molecule has 0 bridgehead atoms. The molecule has 2 rings (SSSR count). The summed E-state index contributed by atoms with van der Waals surface area (Å²) in [6.45, 7) is 5.18. The van der Waals surface area contributed by atoms with Crippen LogP contribution in [0.1, 0.15) is 6.92 Å². The molecule has 1 unspecified atom stereocenters. The Kier molecular flexibility index (Phi) is 4.37. The van der Waals surface area contributed by atoms with Gasteiger partial charge in [-0.2, -0.15) is 0 Å². The van der Waals surface area contributed by atoms with Gasteiger partial charge in [0.25, 0.3) is 0 Å². The lowest BCUT2D eigenvalue weighted by molar-refractivity contribution is -0.134. The minimum atomic E-state index is -0.227. The summed E-state index contributed by atoms with van der Waals surface area (Å²) in [6, 6.07) is 6.47. The van der Waals surface area contributed by atoms with Crippen molar-refractivity contribution in [3.05, 3.63) is 30.1 Å². The monoisotopic (exact) mass is 265 g/mol. The Morgan fingerprint density at radius 3 is 2.37 bits per heavy atom. The maximum atomic E-state index is 12.9. The second-order valence-electron chi connectivity index (χ2n) is 4.93. The largest absolute Gasteiger partial charge is 0.368 e. The predicted molar refractivity (Wildman–Crippen MR) is 73.4 cm³/mol. The highest BCUT2D eigenvalue weighted by Gasteiger charge is 2.24. The molecule has 1 saturated heterocycles. The summed E-state index contributed by atoms with van der Waals surface area (Å²) in [5.41, 5.74) is 6.52. The molecule has 104 valence electrons. The molecule has 1 heterocycles. The number of piperazine rings is 1. The molecule has 19 heavy (non-hydrogen) atoms. The Bertz CT molecular complexity index is 427. The van der Waals surface area contributed by atoms with E-state index in [9.17, 15) is 9.18 Å². The van der Waals surface area contributed by atoms with Crippen LogP contribution in [0, 0.1) is 11.7 Å². The van der Waals surface area contributed by atoms with E-state index >= 15 is 0 Å². The molecule has 1 aliphatic heterocycles. The van der Waals surface area contributed by atoms with Gasteiger partial charge in [-0.1, -0.05) is 6.92 Å². The SMILES string of the molecule is CC(CN)C(=O)N1CCN(c2ccc(F)cc2)CC1. The van der Waals surface area contributed by atoms with Crippen molar-refractivity contribution in [2.24, 2.45) is 11.7 Å². The van der Waals surface area contributed by atoms with Crippen LogP contribution >= 0.6 is 0 Å². The van der Waals surface area contributed by atoms with Gasteiger partial charge in [0.1, 0.15) is 5.82 Å². The number of hydrogen-bond acceptors (Lipinski definition) is 3. The number of nitrogens with zero attached hydrogens (tertiary/aromatic N) is 2. The lowest BCUT2D eigenvalue weighted by Gasteiger charge is -2.37. The zero-order chi connectivity index (χ0) is 13.8. The van der Waals surface area contributed by atoms with Crippen LogP contribution in [-0.4, -0.2) is 43.5 Å². The third-order valence-electron chi connectivity index (χ3n) is 3.56. The molecule has 1 aliphatic rings. The van der Waals surface area contributed by atoms with E-state index in [-0.39, 0.29) is 17.6 Å². The third kappa shape index (κ3) is 3.23. The Balaban J connectivity index is 1.92. The molecule has 4 nitrogen and oxygen atoms in total. The van der Waals surface area contributed by atoms with Gasteiger partial charge in [-0.05, 0) is 24.3 Å². The average Bonchev–Trinajstić information content (AvgIpc) is 2.46. The molecule has 1 aromatic rings. The molecule has 1 fully saturated rings. The molecule has 1 aromatic carbocycles. The van der Waals surface area contributed by atoms with Gasteiger partial charge in [0, 0.05) is 44.3 Å². The molecule has 0 aliphatic carbocycles. The molecule has 2 N–H and O–H groups in total. The Morgan fingerprint density at radius 1 is 1.26 bits per heavy atom. The van der Waals surface area contributed by atoms with Gasteiger partial charge in [-0.3, -0.25) is 4.79 Å². The standard InChI is InChI=1S/C14H20FN3O/c1-11(10-16)14(19)18-8-6-17(7-9-18)13-4-2-12(15)3-5-13/h2-5,11H,6-10,16H2,1H3. The highest BCUT2D eigenvalue weighted by Crippen LogP contribution is 2.17. The van der Waals surface area contributed by atoms with Crippen molar-refractivity contribution in [3.8, 4) is 0 Å². The summed E-state index contributed by atoms with van der Waals surface area (Å²) < 4.78 is 12.9. The van der Waals surface area contributed by atoms with Gasteiger partial charge in [-0.15, -0.1) is 0 Å². The van der Waals surface area contributed by atoms with Crippen LogP contribution in [-0.2, 0) is 4.79 Å². The maximum Gasteiger partial charge on any atom is 0.226 e. The zero-order valence-corrected chi connectivity index (χ0v) is 11.2. The Labute approximate surface area is 113 Å². The normalized spacial score (nSPS) is 17.4. The minimum absolute atomic E-state index is 0.114. The van der Waals surface area contributed by atoms with Crippen LogP contribution in [0.15, 0.2) is 24.3 Å². The summed E-state index contributed by atoms with van der Waals surface area (Å²) in [4.78, 5) is 16.0. The van der Waals surface area contributed by atoms with Crippen LogP contribution in [0.4, 0.5) is 10.1 Å². The smallest absolute Gasteiger partial charge is 0.226 e. The van der Waals surface area contributed by atoms with Crippen LogP contribution in [0.5, 0.6) is 0 Å². The molecular formula is C14H20FN3O.